The molecule has 24 heavy (non-hydrogen) atoms. The second kappa shape index (κ2) is 7.31. The van der Waals surface area contributed by atoms with Crippen LogP contribution in [0.4, 0.5) is 5.69 Å². The number of aromatic nitrogens is 1. The average molecular weight is 327 g/mol. The molecule has 6 nitrogen and oxygen atoms in total. The van der Waals surface area contributed by atoms with Crippen molar-refractivity contribution < 1.29 is 14.3 Å². The lowest BCUT2D eigenvalue weighted by Gasteiger charge is -2.13. The third-order valence-corrected chi connectivity index (χ3v) is 3.73. The maximum Gasteiger partial charge on any atom is 0.265 e. The number of nitrogens with one attached hydrogen (secondary N) is 1. The monoisotopic (exact) mass is 327 g/mol. The first-order chi connectivity index (χ1) is 11.6. The summed E-state index contributed by atoms with van der Waals surface area (Å²) >= 11 is 0. The highest BCUT2D eigenvalue weighted by Gasteiger charge is 2.28. The van der Waals surface area contributed by atoms with E-state index in [4.69, 9.17) is 9.47 Å². The third kappa shape index (κ3) is 4.02. The van der Waals surface area contributed by atoms with Gasteiger partial charge in [0.25, 0.3) is 5.91 Å². The van der Waals surface area contributed by atoms with Gasteiger partial charge in [-0.1, -0.05) is 18.2 Å². The van der Waals surface area contributed by atoms with Crippen LogP contribution in [0.15, 0.2) is 42.6 Å². The van der Waals surface area contributed by atoms with Crippen LogP contribution in [0.5, 0.6) is 11.6 Å². The fourth-order valence-electron chi connectivity index (χ4n) is 2.45. The number of anilines is 1. The molecule has 2 heterocycles. The van der Waals surface area contributed by atoms with Crippen LogP contribution >= 0.6 is 0 Å². The predicted octanol–water partition coefficient (Wildman–Crippen LogP) is 1.96. The van der Waals surface area contributed by atoms with E-state index >= 15 is 0 Å². The molecule has 1 aromatic heterocycles. The molecule has 0 aliphatic carbocycles. The van der Waals surface area contributed by atoms with Crippen LogP contribution in [-0.4, -0.2) is 49.1 Å². The van der Waals surface area contributed by atoms with Crippen molar-refractivity contribution in [2.24, 2.45) is 0 Å². The predicted molar refractivity (Wildman–Crippen MR) is 91.5 cm³/mol. The fraction of sp³-hybridized carbons (Fsp3) is 0.333. The van der Waals surface area contributed by atoms with Crippen molar-refractivity contribution in [1.29, 1.82) is 0 Å². The van der Waals surface area contributed by atoms with Gasteiger partial charge in [0.2, 0.25) is 5.88 Å². The summed E-state index contributed by atoms with van der Waals surface area (Å²) in [6.45, 7) is 1.34. The van der Waals surface area contributed by atoms with E-state index in [1.54, 1.807) is 18.3 Å². The lowest BCUT2D eigenvalue weighted by atomic mass is 10.1. The van der Waals surface area contributed by atoms with Crippen LogP contribution in [-0.2, 0) is 11.2 Å². The topological polar surface area (TPSA) is 63.7 Å². The third-order valence-electron chi connectivity index (χ3n) is 3.73. The van der Waals surface area contributed by atoms with Crippen molar-refractivity contribution in [1.82, 2.24) is 9.88 Å². The SMILES string of the molecule is CN(C)CCOc1cc(NC(=O)C2Cc3ccccc3O2)ccn1. The van der Waals surface area contributed by atoms with E-state index in [1.807, 2.05) is 43.3 Å². The van der Waals surface area contributed by atoms with E-state index < -0.39 is 6.10 Å². The van der Waals surface area contributed by atoms with E-state index in [0.717, 1.165) is 17.9 Å². The minimum atomic E-state index is -0.506. The van der Waals surface area contributed by atoms with Gasteiger partial charge in [-0.05, 0) is 31.8 Å². The van der Waals surface area contributed by atoms with Crippen molar-refractivity contribution in [2.75, 3.05) is 32.6 Å². The molecule has 1 aromatic carbocycles. The molecule has 0 fully saturated rings. The zero-order chi connectivity index (χ0) is 16.9. The largest absolute Gasteiger partial charge is 0.480 e. The van der Waals surface area contributed by atoms with Gasteiger partial charge < -0.3 is 19.7 Å². The molecular formula is C18H21N3O3. The Morgan fingerprint density at radius 1 is 1.38 bits per heavy atom. The first-order valence-corrected chi connectivity index (χ1v) is 7.91. The number of benzene rings is 1. The summed E-state index contributed by atoms with van der Waals surface area (Å²) in [7, 11) is 3.96. The number of fused-ring (bicyclic) bond motifs is 1. The zero-order valence-electron chi connectivity index (χ0n) is 13.9. The Morgan fingerprint density at radius 3 is 3.00 bits per heavy atom. The molecule has 3 rings (SSSR count). The molecule has 0 saturated carbocycles. The normalized spacial score (nSPS) is 15.7. The number of rotatable bonds is 6. The molecule has 1 aliphatic heterocycles. The highest BCUT2D eigenvalue weighted by molar-refractivity contribution is 5.95. The summed E-state index contributed by atoms with van der Waals surface area (Å²) in [5, 5.41) is 2.86. The minimum Gasteiger partial charge on any atom is -0.480 e. The van der Waals surface area contributed by atoms with Crippen molar-refractivity contribution in [3.05, 3.63) is 48.2 Å². The van der Waals surface area contributed by atoms with Gasteiger partial charge in [-0.15, -0.1) is 0 Å². The fourth-order valence-corrected chi connectivity index (χ4v) is 2.45. The number of para-hydroxylation sites is 1. The number of hydrogen-bond acceptors (Lipinski definition) is 5. The van der Waals surface area contributed by atoms with Crippen LogP contribution in [0.1, 0.15) is 5.56 Å². The maximum atomic E-state index is 12.4. The molecule has 0 radical (unpaired) electrons. The lowest BCUT2D eigenvalue weighted by molar-refractivity contribution is -0.122. The van der Waals surface area contributed by atoms with Crippen molar-refractivity contribution in [2.45, 2.75) is 12.5 Å². The summed E-state index contributed by atoms with van der Waals surface area (Å²) in [6.07, 6.45) is 1.69. The Labute approximate surface area is 141 Å². The quantitative estimate of drug-likeness (QED) is 0.879. The van der Waals surface area contributed by atoms with Gasteiger partial charge in [0.1, 0.15) is 12.4 Å². The Hall–Kier alpha value is -2.60. The molecule has 1 aliphatic rings. The van der Waals surface area contributed by atoms with E-state index in [2.05, 4.69) is 10.3 Å². The van der Waals surface area contributed by atoms with Crippen LogP contribution in [0.3, 0.4) is 0 Å². The van der Waals surface area contributed by atoms with Gasteiger partial charge in [-0.3, -0.25) is 4.79 Å². The van der Waals surface area contributed by atoms with E-state index in [0.29, 0.717) is 24.6 Å². The lowest BCUT2D eigenvalue weighted by Crippen LogP contribution is -2.31. The van der Waals surface area contributed by atoms with E-state index in [-0.39, 0.29) is 5.91 Å². The van der Waals surface area contributed by atoms with Gasteiger partial charge in [0, 0.05) is 30.9 Å². The minimum absolute atomic E-state index is 0.170. The van der Waals surface area contributed by atoms with Gasteiger partial charge in [0.05, 0.1) is 0 Å². The summed E-state index contributed by atoms with van der Waals surface area (Å²) in [6, 6.07) is 11.2. The molecule has 0 saturated heterocycles. The standard InChI is InChI=1S/C18H21N3O3/c1-21(2)9-10-23-17-12-14(7-8-19-17)20-18(22)16-11-13-5-3-4-6-15(13)24-16/h3-8,12,16H,9-11H2,1-2H3,(H,19,20,22). The number of amides is 1. The number of carbonyl (C=O) groups is 1. The number of pyridine rings is 1. The molecular weight excluding hydrogens is 306 g/mol. The molecule has 126 valence electrons. The van der Waals surface area contributed by atoms with Crippen molar-refractivity contribution in [3.8, 4) is 11.6 Å². The molecule has 1 unspecified atom stereocenters. The molecule has 1 N–H and O–H groups in total. The van der Waals surface area contributed by atoms with Gasteiger partial charge in [-0.25, -0.2) is 4.98 Å². The summed E-state index contributed by atoms with van der Waals surface area (Å²) in [4.78, 5) is 18.6. The number of likely N-dealkylation sites (N-methyl/N-ethyl adjacent to an activating group) is 1. The number of nitrogens with zero attached hydrogens (tertiary/aromatic N) is 2. The van der Waals surface area contributed by atoms with Crippen LogP contribution in [0.2, 0.25) is 0 Å². The Balaban J connectivity index is 1.57. The number of hydrogen-bond donors (Lipinski definition) is 1. The zero-order valence-corrected chi connectivity index (χ0v) is 13.9. The van der Waals surface area contributed by atoms with Crippen LogP contribution < -0.4 is 14.8 Å². The van der Waals surface area contributed by atoms with E-state index in [9.17, 15) is 4.79 Å². The Bertz CT molecular complexity index is 693. The molecule has 1 amide bonds. The van der Waals surface area contributed by atoms with Gasteiger partial charge >= 0.3 is 0 Å². The van der Waals surface area contributed by atoms with Crippen molar-refractivity contribution in [3.63, 3.8) is 0 Å². The molecule has 0 spiro atoms. The van der Waals surface area contributed by atoms with Crippen LogP contribution in [0, 0.1) is 0 Å². The molecule has 1 atom stereocenters. The highest BCUT2D eigenvalue weighted by Crippen LogP contribution is 2.28. The van der Waals surface area contributed by atoms with Crippen LogP contribution in [0.25, 0.3) is 0 Å². The second-order valence-electron chi connectivity index (χ2n) is 5.94. The number of carbonyl (C=O) groups excluding carboxylic acids is 1. The first kappa shape index (κ1) is 16.3. The maximum absolute atomic E-state index is 12.4. The summed E-state index contributed by atoms with van der Waals surface area (Å²) in [5.41, 5.74) is 1.70. The highest BCUT2D eigenvalue weighted by atomic mass is 16.5. The Morgan fingerprint density at radius 2 is 2.21 bits per heavy atom. The number of ether oxygens (including phenoxy) is 2. The summed E-state index contributed by atoms with van der Waals surface area (Å²) in [5.74, 6) is 1.10. The smallest absolute Gasteiger partial charge is 0.265 e. The first-order valence-electron chi connectivity index (χ1n) is 7.91. The Kier molecular flexibility index (Phi) is 4.96. The average Bonchev–Trinajstić information content (AvgIpc) is 2.99. The van der Waals surface area contributed by atoms with Gasteiger partial charge in [0.15, 0.2) is 6.10 Å². The molecule has 0 bridgehead atoms. The van der Waals surface area contributed by atoms with E-state index in [1.165, 1.54) is 0 Å². The molecule has 6 heteroatoms. The molecule has 2 aromatic rings. The second-order valence-corrected chi connectivity index (χ2v) is 5.94. The van der Waals surface area contributed by atoms with Crippen molar-refractivity contribution >= 4 is 11.6 Å². The van der Waals surface area contributed by atoms with Gasteiger partial charge in [-0.2, -0.15) is 0 Å². The summed E-state index contributed by atoms with van der Waals surface area (Å²) < 4.78 is 11.3.